The van der Waals surface area contributed by atoms with Crippen LogP contribution in [0.5, 0.6) is 0 Å². The number of sulfone groups is 1. The Morgan fingerprint density at radius 3 is 1.30 bits per heavy atom. The summed E-state index contributed by atoms with van der Waals surface area (Å²) in [7, 11) is -3.51. The number of benzene rings is 2. The summed E-state index contributed by atoms with van der Waals surface area (Å²) < 4.78 is 25.7. The van der Waals surface area contributed by atoms with E-state index in [9.17, 15) is 8.42 Å². The molecule has 0 N–H and O–H groups in total. The lowest BCUT2D eigenvalue weighted by Crippen LogP contribution is -2.01. The fraction of sp³-hybridized carbons (Fsp3) is 0.333. The van der Waals surface area contributed by atoms with Gasteiger partial charge >= 0.3 is 0 Å². The maximum absolute atomic E-state index is 12.8. The number of thioether (sulfide) groups is 2. The van der Waals surface area contributed by atoms with Crippen molar-refractivity contribution in [3.05, 3.63) is 48.5 Å². The molecule has 0 radical (unpaired) electrons. The first kappa shape index (κ1) is 23.8. The summed E-state index contributed by atoms with van der Waals surface area (Å²) in [5.41, 5.74) is 0. The lowest BCUT2D eigenvalue weighted by molar-refractivity contribution is 0.596. The standard InChI is InChI=1S/C18H22O2S7/c19-27(20,15-5-1-13(2-6-15)25-11-9-17(21)22)16-7-3-14(4-8-16)26-12-10-18(23)24/h1-8,17-18,21-24H,9-12H2. The molecular formula is C18H22O2S7. The zero-order valence-electron chi connectivity index (χ0n) is 14.4. The van der Waals surface area contributed by atoms with Gasteiger partial charge in [-0.3, -0.25) is 0 Å². The molecule has 148 valence electrons. The molecule has 27 heavy (non-hydrogen) atoms. The minimum atomic E-state index is -3.51. The predicted octanol–water partition coefficient (Wildman–Crippen LogP) is 5.86. The van der Waals surface area contributed by atoms with Crippen LogP contribution in [-0.4, -0.2) is 29.1 Å². The number of thiol groups is 4. The van der Waals surface area contributed by atoms with Gasteiger partial charge in [-0.2, -0.15) is 50.5 Å². The molecule has 0 atom stereocenters. The van der Waals surface area contributed by atoms with Crippen LogP contribution in [0.15, 0.2) is 68.1 Å². The third kappa shape index (κ3) is 8.03. The molecule has 0 amide bonds. The Bertz CT molecular complexity index is 737. The van der Waals surface area contributed by atoms with Crippen molar-refractivity contribution in [3.63, 3.8) is 0 Å². The summed E-state index contributed by atoms with van der Waals surface area (Å²) in [6.45, 7) is 0. The average molecular weight is 495 g/mol. The second-order valence-corrected chi connectivity index (χ2v) is 13.3. The van der Waals surface area contributed by atoms with Crippen LogP contribution in [0, 0.1) is 0 Å². The quantitative estimate of drug-likeness (QED) is 0.190. The lowest BCUT2D eigenvalue weighted by atomic mass is 10.4. The molecule has 9 heteroatoms. The van der Waals surface area contributed by atoms with Gasteiger partial charge in [0.25, 0.3) is 0 Å². The van der Waals surface area contributed by atoms with Gasteiger partial charge < -0.3 is 0 Å². The molecule has 2 nitrogen and oxygen atoms in total. The zero-order valence-corrected chi connectivity index (χ0v) is 20.5. The van der Waals surface area contributed by atoms with Gasteiger partial charge in [0.15, 0.2) is 0 Å². The average Bonchev–Trinajstić information content (AvgIpc) is 2.62. The number of hydrogen-bond acceptors (Lipinski definition) is 8. The SMILES string of the molecule is O=S(=O)(c1ccc(SCCC(S)S)cc1)c1ccc(SCCC(S)S)cc1. The van der Waals surface area contributed by atoms with Crippen LogP contribution in [0.3, 0.4) is 0 Å². The van der Waals surface area contributed by atoms with Gasteiger partial charge in [0.1, 0.15) is 0 Å². The molecule has 0 aliphatic heterocycles. The predicted molar refractivity (Wildman–Crippen MR) is 133 cm³/mol. The van der Waals surface area contributed by atoms with E-state index in [4.69, 9.17) is 0 Å². The highest BCUT2D eigenvalue weighted by molar-refractivity contribution is 8.01. The van der Waals surface area contributed by atoms with Crippen molar-refractivity contribution in [2.24, 2.45) is 0 Å². The van der Waals surface area contributed by atoms with Crippen LogP contribution in [0.25, 0.3) is 0 Å². The van der Waals surface area contributed by atoms with E-state index < -0.39 is 9.84 Å². The Morgan fingerprint density at radius 2 is 1.00 bits per heavy atom. The van der Waals surface area contributed by atoms with Crippen molar-refractivity contribution in [2.45, 2.75) is 41.6 Å². The fourth-order valence-electron chi connectivity index (χ4n) is 2.13. The fourth-order valence-corrected chi connectivity index (χ4v) is 6.44. The third-order valence-corrected chi connectivity index (χ3v) is 8.47. The molecule has 0 fully saturated rings. The summed E-state index contributed by atoms with van der Waals surface area (Å²) in [6.07, 6.45) is 1.76. The smallest absolute Gasteiger partial charge is 0.206 e. The Balaban J connectivity index is 2.02. The van der Waals surface area contributed by atoms with Crippen molar-refractivity contribution in [3.8, 4) is 0 Å². The normalized spacial score (nSPS) is 12.1. The molecule has 2 aromatic carbocycles. The summed E-state index contributed by atoms with van der Waals surface area (Å²) in [4.78, 5) is 2.69. The maximum atomic E-state index is 12.8. The molecule has 0 saturated carbocycles. The molecule has 0 saturated heterocycles. The van der Waals surface area contributed by atoms with Gasteiger partial charge in [0, 0.05) is 19.0 Å². The molecule has 0 aromatic heterocycles. The van der Waals surface area contributed by atoms with E-state index in [0.717, 1.165) is 34.1 Å². The van der Waals surface area contributed by atoms with Gasteiger partial charge in [0.2, 0.25) is 9.84 Å². The molecule has 0 aliphatic rings. The highest BCUT2D eigenvalue weighted by atomic mass is 32.2. The Kier molecular flexibility index (Phi) is 10.2. The van der Waals surface area contributed by atoms with Gasteiger partial charge in [-0.15, -0.1) is 23.5 Å². The molecule has 2 aromatic rings. The van der Waals surface area contributed by atoms with Crippen molar-refractivity contribution in [1.82, 2.24) is 0 Å². The van der Waals surface area contributed by atoms with E-state index in [1.807, 2.05) is 24.3 Å². The lowest BCUT2D eigenvalue weighted by Gasteiger charge is -2.08. The molecular weight excluding hydrogens is 473 g/mol. The second-order valence-electron chi connectivity index (χ2n) is 5.68. The first-order valence-corrected chi connectivity index (χ1v) is 13.7. The van der Waals surface area contributed by atoms with Crippen LogP contribution in [-0.2, 0) is 9.84 Å². The second kappa shape index (κ2) is 11.6. The van der Waals surface area contributed by atoms with E-state index in [1.165, 1.54) is 0 Å². The highest BCUT2D eigenvalue weighted by Crippen LogP contribution is 2.28. The molecule has 0 bridgehead atoms. The topological polar surface area (TPSA) is 34.1 Å². The number of hydrogen-bond donors (Lipinski definition) is 4. The van der Waals surface area contributed by atoms with E-state index >= 15 is 0 Å². The van der Waals surface area contributed by atoms with Crippen LogP contribution in [0.4, 0.5) is 0 Å². The molecule has 0 aliphatic carbocycles. The van der Waals surface area contributed by atoms with Crippen LogP contribution >= 0.6 is 74.0 Å². The first-order chi connectivity index (χ1) is 12.8. The third-order valence-electron chi connectivity index (χ3n) is 3.56. The van der Waals surface area contributed by atoms with Crippen LogP contribution in [0.2, 0.25) is 0 Å². The maximum Gasteiger partial charge on any atom is 0.206 e. The minimum absolute atomic E-state index is 0.0653. The van der Waals surface area contributed by atoms with Gasteiger partial charge in [-0.05, 0) is 72.9 Å². The monoisotopic (exact) mass is 494 g/mol. The van der Waals surface area contributed by atoms with Crippen molar-refractivity contribution < 1.29 is 8.42 Å². The van der Waals surface area contributed by atoms with Crippen LogP contribution in [0.1, 0.15) is 12.8 Å². The van der Waals surface area contributed by atoms with E-state index in [0.29, 0.717) is 9.79 Å². The minimum Gasteiger partial charge on any atom is -0.219 e. The Labute approximate surface area is 192 Å². The van der Waals surface area contributed by atoms with E-state index in [2.05, 4.69) is 50.5 Å². The van der Waals surface area contributed by atoms with E-state index in [-0.39, 0.29) is 9.16 Å². The van der Waals surface area contributed by atoms with Crippen molar-refractivity contribution in [2.75, 3.05) is 11.5 Å². The van der Waals surface area contributed by atoms with Gasteiger partial charge in [-0.25, -0.2) is 8.42 Å². The summed E-state index contributed by atoms with van der Waals surface area (Å²) in [5.74, 6) is 1.79. The van der Waals surface area contributed by atoms with Gasteiger partial charge in [-0.1, -0.05) is 0 Å². The molecule has 0 unspecified atom stereocenters. The number of rotatable bonds is 10. The molecule has 0 heterocycles. The Hall–Kier alpha value is 0.490. The van der Waals surface area contributed by atoms with Crippen LogP contribution < -0.4 is 0 Å². The van der Waals surface area contributed by atoms with Crippen molar-refractivity contribution in [1.29, 1.82) is 0 Å². The first-order valence-electron chi connectivity index (χ1n) is 8.22. The van der Waals surface area contributed by atoms with E-state index in [1.54, 1.807) is 47.8 Å². The summed E-state index contributed by atoms with van der Waals surface area (Å²) in [5, 5.41) is 0. The molecule has 2 rings (SSSR count). The molecule has 0 spiro atoms. The Morgan fingerprint density at radius 1 is 0.667 bits per heavy atom. The summed E-state index contributed by atoms with van der Waals surface area (Å²) >= 11 is 20.3. The van der Waals surface area contributed by atoms with Gasteiger partial charge in [0.05, 0.1) is 9.79 Å². The zero-order chi connectivity index (χ0) is 19.9. The summed E-state index contributed by atoms with van der Waals surface area (Å²) in [6, 6.07) is 14.0. The largest absolute Gasteiger partial charge is 0.219 e. The highest BCUT2D eigenvalue weighted by Gasteiger charge is 2.17. The van der Waals surface area contributed by atoms with Crippen molar-refractivity contribution >= 4 is 83.9 Å².